The largest absolute Gasteiger partial charge is 0.481 e. The molecule has 0 aliphatic carbocycles. The molecule has 0 aliphatic heterocycles. The molecule has 0 aliphatic rings. The molecule has 0 fully saturated rings. The summed E-state index contributed by atoms with van der Waals surface area (Å²) in [6.07, 6.45) is -0.211. The molecular weight excluding hydrogens is 276 g/mol. The van der Waals surface area contributed by atoms with Gasteiger partial charge in [-0.1, -0.05) is 20.8 Å². The molecule has 0 amide bonds. The van der Waals surface area contributed by atoms with Crippen molar-refractivity contribution in [2.24, 2.45) is 5.41 Å². The number of aliphatic carboxylic acids is 1. The molecule has 1 aromatic heterocycles. The van der Waals surface area contributed by atoms with Crippen molar-refractivity contribution in [1.29, 1.82) is 0 Å². The first-order valence-electron chi connectivity index (χ1n) is 5.24. The van der Waals surface area contributed by atoms with E-state index in [0.29, 0.717) is 5.69 Å². The second-order valence-corrected chi connectivity index (χ2v) is 7.72. The molecule has 6 nitrogen and oxygen atoms in total. The lowest BCUT2D eigenvalue weighted by atomic mass is 10.0. The van der Waals surface area contributed by atoms with Crippen LogP contribution in [0.5, 0.6) is 0 Å². The third kappa shape index (κ3) is 5.46. The number of thiazole rings is 1. The van der Waals surface area contributed by atoms with Crippen LogP contribution in [-0.4, -0.2) is 30.2 Å². The predicted octanol–water partition coefficient (Wildman–Crippen LogP) is 1.56. The zero-order valence-electron chi connectivity index (χ0n) is 10.4. The number of aromatic nitrogens is 1. The Bertz CT molecular complexity index is 528. The molecule has 0 unspecified atom stereocenters. The smallest absolute Gasteiger partial charge is 0.309 e. The average molecular weight is 292 g/mol. The minimum Gasteiger partial charge on any atom is -0.481 e. The summed E-state index contributed by atoms with van der Waals surface area (Å²) < 4.78 is 25.9. The van der Waals surface area contributed by atoms with Crippen molar-refractivity contribution in [3.63, 3.8) is 0 Å². The van der Waals surface area contributed by atoms with Crippen LogP contribution in [0.1, 0.15) is 26.5 Å². The summed E-state index contributed by atoms with van der Waals surface area (Å²) in [4.78, 5) is 14.4. The van der Waals surface area contributed by atoms with Crippen LogP contribution < -0.4 is 4.72 Å². The van der Waals surface area contributed by atoms with E-state index in [1.165, 1.54) is 5.38 Å². The Labute approximate surface area is 110 Å². The van der Waals surface area contributed by atoms with E-state index in [2.05, 4.69) is 9.71 Å². The Morgan fingerprint density at radius 3 is 2.61 bits per heavy atom. The number of anilines is 1. The molecule has 1 heterocycles. The lowest BCUT2D eigenvalue weighted by Crippen LogP contribution is -2.26. The number of hydrogen-bond donors (Lipinski definition) is 2. The zero-order chi connectivity index (χ0) is 14.0. The molecule has 0 atom stereocenters. The zero-order valence-corrected chi connectivity index (χ0v) is 12.1. The van der Waals surface area contributed by atoms with Gasteiger partial charge in [-0.15, -0.1) is 11.3 Å². The summed E-state index contributed by atoms with van der Waals surface area (Å²) >= 11 is 1.08. The lowest BCUT2D eigenvalue weighted by molar-refractivity contribution is -0.136. The van der Waals surface area contributed by atoms with Gasteiger partial charge in [0, 0.05) is 5.38 Å². The predicted molar refractivity (Wildman–Crippen MR) is 70.3 cm³/mol. The van der Waals surface area contributed by atoms with Gasteiger partial charge < -0.3 is 5.11 Å². The SMILES string of the molecule is CC(C)(C)CS(=O)(=O)Nc1nc(CC(=O)O)cs1. The third-order valence-corrected chi connectivity index (χ3v) is 4.44. The first kappa shape index (κ1) is 14.9. The van der Waals surface area contributed by atoms with Gasteiger partial charge >= 0.3 is 5.97 Å². The lowest BCUT2D eigenvalue weighted by Gasteiger charge is -2.17. The van der Waals surface area contributed by atoms with Gasteiger partial charge in [-0.05, 0) is 5.41 Å². The van der Waals surface area contributed by atoms with E-state index in [0.717, 1.165) is 11.3 Å². The number of nitrogens with zero attached hydrogens (tertiary/aromatic N) is 1. The monoisotopic (exact) mass is 292 g/mol. The molecule has 0 radical (unpaired) electrons. The molecule has 2 N–H and O–H groups in total. The molecule has 1 aromatic rings. The van der Waals surface area contributed by atoms with E-state index in [9.17, 15) is 13.2 Å². The number of hydrogen-bond acceptors (Lipinski definition) is 5. The van der Waals surface area contributed by atoms with Crippen LogP contribution in [0.25, 0.3) is 0 Å². The highest BCUT2D eigenvalue weighted by molar-refractivity contribution is 7.92. The fourth-order valence-corrected chi connectivity index (χ4v) is 3.98. The van der Waals surface area contributed by atoms with Crippen LogP contribution in [0.2, 0.25) is 0 Å². The van der Waals surface area contributed by atoms with Crippen molar-refractivity contribution in [2.45, 2.75) is 27.2 Å². The van der Waals surface area contributed by atoms with Gasteiger partial charge in [0.05, 0.1) is 17.9 Å². The van der Waals surface area contributed by atoms with Crippen LogP contribution in [0.15, 0.2) is 5.38 Å². The van der Waals surface area contributed by atoms with Gasteiger partial charge in [0.25, 0.3) is 0 Å². The first-order valence-corrected chi connectivity index (χ1v) is 7.77. The van der Waals surface area contributed by atoms with Crippen LogP contribution in [0.3, 0.4) is 0 Å². The third-order valence-electron chi connectivity index (χ3n) is 1.75. The minimum atomic E-state index is -3.46. The highest BCUT2D eigenvalue weighted by Crippen LogP contribution is 2.21. The quantitative estimate of drug-likeness (QED) is 0.858. The van der Waals surface area contributed by atoms with E-state index in [4.69, 9.17) is 5.11 Å². The van der Waals surface area contributed by atoms with Crippen LogP contribution >= 0.6 is 11.3 Å². The maximum absolute atomic E-state index is 11.8. The Morgan fingerprint density at radius 1 is 1.50 bits per heavy atom. The fourth-order valence-electron chi connectivity index (χ4n) is 1.33. The number of carbonyl (C=O) groups is 1. The van der Waals surface area contributed by atoms with Crippen molar-refractivity contribution >= 4 is 32.5 Å². The molecule has 0 saturated heterocycles. The number of carboxylic acids is 1. The molecular formula is C10H16N2O4S2. The maximum atomic E-state index is 11.8. The van der Waals surface area contributed by atoms with E-state index >= 15 is 0 Å². The molecule has 102 valence electrons. The first-order chi connectivity index (χ1) is 8.07. The maximum Gasteiger partial charge on any atom is 0.309 e. The minimum absolute atomic E-state index is 0.0200. The van der Waals surface area contributed by atoms with Gasteiger partial charge in [-0.3, -0.25) is 9.52 Å². The topological polar surface area (TPSA) is 96.4 Å². The summed E-state index contributed by atoms with van der Waals surface area (Å²) in [5.74, 6) is -1.02. The van der Waals surface area contributed by atoms with Gasteiger partial charge in [0.2, 0.25) is 10.0 Å². The normalized spacial score (nSPS) is 12.4. The fraction of sp³-hybridized carbons (Fsp3) is 0.600. The number of nitrogens with one attached hydrogen (secondary N) is 1. The van der Waals surface area contributed by atoms with Crippen LogP contribution in [0.4, 0.5) is 5.13 Å². The second-order valence-electron chi connectivity index (χ2n) is 5.14. The van der Waals surface area contributed by atoms with E-state index in [1.807, 2.05) is 20.8 Å². The number of sulfonamides is 1. The summed E-state index contributed by atoms with van der Waals surface area (Å²) in [5, 5.41) is 10.3. The van der Waals surface area contributed by atoms with Crippen molar-refractivity contribution in [3.8, 4) is 0 Å². The molecule has 0 spiro atoms. The van der Waals surface area contributed by atoms with Crippen LogP contribution in [-0.2, 0) is 21.2 Å². The summed E-state index contributed by atoms with van der Waals surface area (Å²) in [6.45, 7) is 5.47. The molecule has 18 heavy (non-hydrogen) atoms. The summed E-state index contributed by atoms with van der Waals surface area (Å²) in [7, 11) is -3.46. The van der Waals surface area contributed by atoms with Gasteiger partial charge in [-0.2, -0.15) is 0 Å². The molecule has 0 bridgehead atoms. The molecule has 0 saturated carbocycles. The van der Waals surface area contributed by atoms with Crippen molar-refractivity contribution in [2.75, 3.05) is 10.5 Å². The van der Waals surface area contributed by atoms with E-state index in [1.54, 1.807) is 0 Å². The van der Waals surface area contributed by atoms with Gasteiger partial charge in [-0.25, -0.2) is 13.4 Å². The number of rotatable bonds is 5. The van der Waals surface area contributed by atoms with E-state index in [-0.39, 0.29) is 22.7 Å². The van der Waals surface area contributed by atoms with E-state index < -0.39 is 16.0 Å². The Balaban J connectivity index is 2.73. The Morgan fingerprint density at radius 2 is 2.11 bits per heavy atom. The second kappa shape index (κ2) is 5.23. The highest BCUT2D eigenvalue weighted by Gasteiger charge is 2.22. The van der Waals surface area contributed by atoms with Crippen LogP contribution in [0, 0.1) is 5.41 Å². The van der Waals surface area contributed by atoms with Crippen molar-refractivity contribution in [3.05, 3.63) is 11.1 Å². The molecule has 0 aromatic carbocycles. The Kier molecular flexibility index (Phi) is 4.33. The molecule has 1 rings (SSSR count). The van der Waals surface area contributed by atoms with Gasteiger partial charge in [0.1, 0.15) is 0 Å². The van der Waals surface area contributed by atoms with Gasteiger partial charge in [0.15, 0.2) is 5.13 Å². The average Bonchev–Trinajstić information content (AvgIpc) is 2.44. The number of carboxylic acid groups (broad SMARTS) is 1. The standard InChI is InChI=1S/C10H16N2O4S2/c1-10(2,3)6-18(15,16)12-9-11-7(5-17-9)4-8(13)14/h5H,4,6H2,1-3H3,(H,11,12)(H,13,14). The Hall–Kier alpha value is -1.15. The molecule has 8 heteroatoms. The highest BCUT2D eigenvalue weighted by atomic mass is 32.2. The van der Waals surface area contributed by atoms with Crippen molar-refractivity contribution < 1.29 is 18.3 Å². The summed E-state index contributed by atoms with van der Waals surface area (Å²) in [6, 6.07) is 0. The summed E-state index contributed by atoms with van der Waals surface area (Å²) in [5.41, 5.74) is -0.00607. The van der Waals surface area contributed by atoms with Crippen molar-refractivity contribution in [1.82, 2.24) is 4.98 Å².